The van der Waals surface area contributed by atoms with Gasteiger partial charge in [0.25, 0.3) is 5.91 Å². The molecule has 8 heteroatoms. The van der Waals surface area contributed by atoms with Crippen LogP contribution in [0.2, 0.25) is 0 Å². The van der Waals surface area contributed by atoms with Crippen molar-refractivity contribution in [3.05, 3.63) is 23.8 Å². The summed E-state index contributed by atoms with van der Waals surface area (Å²) in [5, 5.41) is 12.1. The van der Waals surface area contributed by atoms with Crippen LogP contribution >= 0.6 is 23.5 Å². The Morgan fingerprint density at radius 1 is 1.29 bits per heavy atom. The molecule has 0 saturated carbocycles. The van der Waals surface area contributed by atoms with Gasteiger partial charge in [0.05, 0.1) is 6.61 Å². The van der Waals surface area contributed by atoms with Crippen LogP contribution in [0.3, 0.4) is 0 Å². The van der Waals surface area contributed by atoms with Gasteiger partial charge in [-0.1, -0.05) is 0 Å². The van der Waals surface area contributed by atoms with Gasteiger partial charge in [-0.15, -0.1) is 0 Å². The molecule has 0 aromatic heterocycles. The summed E-state index contributed by atoms with van der Waals surface area (Å²) in [6.45, 7) is 2.38. The van der Waals surface area contributed by atoms with E-state index in [1.807, 2.05) is 30.4 Å². The molecule has 0 bridgehead atoms. The van der Waals surface area contributed by atoms with Crippen LogP contribution < -0.4 is 14.8 Å². The molecule has 2 rings (SSSR count). The van der Waals surface area contributed by atoms with E-state index in [4.69, 9.17) is 14.6 Å². The van der Waals surface area contributed by atoms with Gasteiger partial charge >= 0.3 is 5.97 Å². The molecule has 1 atom stereocenters. The van der Waals surface area contributed by atoms with E-state index >= 15 is 0 Å². The number of aliphatic carboxylic acids is 1. The van der Waals surface area contributed by atoms with Gasteiger partial charge in [-0.2, -0.15) is 23.5 Å². The van der Waals surface area contributed by atoms with Crippen molar-refractivity contribution in [1.82, 2.24) is 5.32 Å². The molecule has 1 aliphatic rings. The number of nitrogens with one attached hydrogen (secondary N) is 1. The molecular weight excluding hydrogens is 350 g/mol. The predicted octanol–water partition coefficient (Wildman–Crippen LogP) is 2.13. The second-order valence-corrected chi connectivity index (χ2v) is 7.61. The molecule has 1 unspecified atom stereocenters. The Morgan fingerprint density at radius 2 is 2.12 bits per heavy atom. The molecule has 1 heterocycles. The fourth-order valence-electron chi connectivity index (χ4n) is 2.14. The van der Waals surface area contributed by atoms with Gasteiger partial charge < -0.3 is 19.9 Å². The Balaban J connectivity index is 1.98. The number of hydrogen-bond acceptors (Lipinski definition) is 6. The highest BCUT2D eigenvalue weighted by atomic mass is 32.2. The van der Waals surface area contributed by atoms with E-state index in [2.05, 4.69) is 5.32 Å². The molecule has 1 aliphatic heterocycles. The Labute approximate surface area is 149 Å². The van der Waals surface area contributed by atoms with E-state index in [1.54, 1.807) is 18.2 Å². The van der Waals surface area contributed by atoms with Crippen LogP contribution in [0.25, 0.3) is 0 Å². The van der Waals surface area contributed by atoms with Gasteiger partial charge in [0.2, 0.25) is 0 Å². The average molecular weight is 371 g/mol. The van der Waals surface area contributed by atoms with E-state index in [0.717, 1.165) is 11.5 Å². The first-order valence-corrected chi connectivity index (χ1v) is 9.89. The number of rotatable bonds is 8. The largest absolute Gasteiger partial charge is 0.490 e. The first kappa shape index (κ1) is 18.8. The maximum atomic E-state index is 12.3. The van der Waals surface area contributed by atoms with Crippen molar-refractivity contribution in [1.29, 1.82) is 0 Å². The minimum absolute atomic E-state index is 0.170. The Bertz CT molecular complexity index is 576. The summed E-state index contributed by atoms with van der Waals surface area (Å²) in [7, 11) is 0. The number of benzene rings is 1. The number of hydrogen-bond donors (Lipinski definition) is 2. The lowest BCUT2D eigenvalue weighted by atomic mass is 10.2. The zero-order chi connectivity index (χ0) is 17.4. The van der Waals surface area contributed by atoms with Gasteiger partial charge in [0, 0.05) is 34.6 Å². The molecule has 1 saturated heterocycles. The highest BCUT2D eigenvalue weighted by molar-refractivity contribution is 8.06. The quantitative estimate of drug-likeness (QED) is 0.724. The Hall–Kier alpha value is -1.54. The summed E-state index contributed by atoms with van der Waals surface area (Å²) >= 11 is 3.80. The fourth-order valence-corrected chi connectivity index (χ4v) is 4.75. The molecule has 1 amide bonds. The summed E-state index contributed by atoms with van der Waals surface area (Å²) in [6, 6.07) is 4.75. The van der Waals surface area contributed by atoms with Crippen LogP contribution in [0.1, 0.15) is 17.3 Å². The molecule has 24 heavy (non-hydrogen) atoms. The van der Waals surface area contributed by atoms with E-state index in [1.165, 1.54) is 5.75 Å². The van der Waals surface area contributed by atoms with Crippen molar-refractivity contribution < 1.29 is 24.2 Å². The predicted molar refractivity (Wildman–Crippen MR) is 96.6 cm³/mol. The highest BCUT2D eigenvalue weighted by Gasteiger charge is 2.17. The van der Waals surface area contributed by atoms with Gasteiger partial charge in [0.15, 0.2) is 18.1 Å². The lowest BCUT2D eigenvalue weighted by Gasteiger charge is -2.21. The number of thioether (sulfide) groups is 2. The first-order chi connectivity index (χ1) is 11.6. The molecular formula is C16H21NO5S2. The maximum absolute atomic E-state index is 12.3. The zero-order valence-corrected chi connectivity index (χ0v) is 15.1. The second kappa shape index (κ2) is 9.68. The number of ether oxygens (including phenoxy) is 2. The molecule has 2 N–H and O–H groups in total. The number of carbonyl (C=O) groups excluding carboxylic acids is 1. The van der Waals surface area contributed by atoms with Crippen molar-refractivity contribution in [3.8, 4) is 11.5 Å². The van der Waals surface area contributed by atoms with Crippen LogP contribution in [-0.2, 0) is 4.79 Å². The molecule has 1 aromatic carbocycles. The summed E-state index contributed by atoms with van der Waals surface area (Å²) < 4.78 is 10.6. The number of carboxylic acid groups (broad SMARTS) is 1. The van der Waals surface area contributed by atoms with Gasteiger partial charge in [0.1, 0.15) is 0 Å². The van der Waals surface area contributed by atoms with E-state index in [-0.39, 0.29) is 5.91 Å². The summed E-state index contributed by atoms with van der Waals surface area (Å²) in [5.41, 5.74) is 0.467. The number of carbonyl (C=O) groups is 2. The van der Waals surface area contributed by atoms with Crippen molar-refractivity contribution in [2.75, 3.05) is 37.0 Å². The monoisotopic (exact) mass is 371 g/mol. The van der Waals surface area contributed by atoms with Gasteiger partial charge in [-0.05, 0) is 25.1 Å². The van der Waals surface area contributed by atoms with Gasteiger partial charge in [-0.25, -0.2) is 4.79 Å². The average Bonchev–Trinajstić information content (AvgIpc) is 2.59. The SMILES string of the molecule is CCOc1cc(C(=O)NCC2CSCCS2)ccc1OCC(=O)O. The number of carboxylic acids is 1. The van der Waals surface area contributed by atoms with Crippen molar-refractivity contribution in [3.63, 3.8) is 0 Å². The maximum Gasteiger partial charge on any atom is 0.341 e. The van der Waals surface area contributed by atoms with E-state index < -0.39 is 12.6 Å². The van der Waals surface area contributed by atoms with Crippen LogP contribution in [-0.4, -0.2) is 59.3 Å². The minimum Gasteiger partial charge on any atom is -0.490 e. The lowest BCUT2D eigenvalue weighted by Crippen LogP contribution is -2.33. The summed E-state index contributed by atoms with van der Waals surface area (Å²) in [6.07, 6.45) is 0. The third-order valence-electron chi connectivity index (χ3n) is 3.23. The third-order valence-corrected chi connectivity index (χ3v) is 6.08. The molecule has 6 nitrogen and oxygen atoms in total. The summed E-state index contributed by atoms with van der Waals surface area (Å²) in [5.74, 6) is 2.79. The lowest BCUT2D eigenvalue weighted by molar-refractivity contribution is -0.139. The molecule has 132 valence electrons. The van der Waals surface area contributed by atoms with Gasteiger partial charge in [-0.3, -0.25) is 4.79 Å². The topological polar surface area (TPSA) is 84.9 Å². The van der Waals surface area contributed by atoms with E-state index in [0.29, 0.717) is 35.5 Å². The van der Waals surface area contributed by atoms with Crippen LogP contribution in [0.15, 0.2) is 18.2 Å². The third kappa shape index (κ3) is 5.83. The Morgan fingerprint density at radius 3 is 2.79 bits per heavy atom. The smallest absolute Gasteiger partial charge is 0.341 e. The van der Waals surface area contributed by atoms with Crippen LogP contribution in [0.4, 0.5) is 0 Å². The van der Waals surface area contributed by atoms with Crippen molar-refractivity contribution in [2.45, 2.75) is 12.2 Å². The van der Waals surface area contributed by atoms with Crippen LogP contribution in [0, 0.1) is 0 Å². The molecule has 0 radical (unpaired) electrons. The standard InChI is InChI=1S/C16H21NO5S2/c1-2-21-14-7-11(3-4-13(14)22-9-15(18)19)16(20)17-8-12-10-23-5-6-24-12/h3-4,7,12H,2,5-6,8-10H2,1H3,(H,17,20)(H,18,19). The summed E-state index contributed by atoms with van der Waals surface area (Å²) in [4.78, 5) is 22.9. The van der Waals surface area contributed by atoms with Crippen LogP contribution in [0.5, 0.6) is 11.5 Å². The second-order valence-electron chi connectivity index (χ2n) is 5.05. The molecule has 1 aromatic rings. The minimum atomic E-state index is -1.07. The number of amides is 1. The van der Waals surface area contributed by atoms with Crippen molar-refractivity contribution >= 4 is 35.4 Å². The van der Waals surface area contributed by atoms with E-state index in [9.17, 15) is 9.59 Å². The molecule has 0 aliphatic carbocycles. The normalized spacial score (nSPS) is 17.1. The Kier molecular flexibility index (Phi) is 7.58. The highest BCUT2D eigenvalue weighted by Crippen LogP contribution is 2.29. The fraction of sp³-hybridized carbons (Fsp3) is 0.500. The van der Waals surface area contributed by atoms with Crippen molar-refractivity contribution in [2.24, 2.45) is 0 Å². The molecule has 1 fully saturated rings. The first-order valence-electron chi connectivity index (χ1n) is 7.69. The zero-order valence-electron chi connectivity index (χ0n) is 13.4. The molecule has 0 spiro atoms.